The van der Waals surface area contributed by atoms with Crippen molar-refractivity contribution in [1.29, 1.82) is 0 Å². The predicted octanol–water partition coefficient (Wildman–Crippen LogP) is 4.10. The van der Waals surface area contributed by atoms with Crippen LogP contribution in [0, 0.1) is 6.92 Å². The van der Waals surface area contributed by atoms with Crippen molar-refractivity contribution in [3.63, 3.8) is 0 Å². The lowest BCUT2D eigenvalue weighted by Crippen LogP contribution is -2.40. The Morgan fingerprint density at radius 2 is 1.82 bits per heavy atom. The second-order valence-electron chi connectivity index (χ2n) is 6.25. The largest absolute Gasteiger partial charge is 0.412 e. The van der Waals surface area contributed by atoms with Crippen molar-refractivity contribution in [3.05, 3.63) is 29.3 Å². The topological polar surface area (TPSA) is 35.2 Å². The highest BCUT2D eigenvalue weighted by Gasteiger charge is 2.37. The molecule has 3 heteroatoms. The molecule has 0 saturated carbocycles. The summed E-state index contributed by atoms with van der Waals surface area (Å²) in [6.07, 6.45) is 0. The smallest absolute Gasteiger partial charge is 0.192 e. The van der Waals surface area contributed by atoms with E-state index in [1.165, 1.54) is 5.56 Å². The summed E-state index contributed by atoms with van der Waals surface area (Å²) in [7, 11) is -1.68. The first-order chi connectivity index (χ1) is 7.63. The highest BCUT2D eigenvalue weighted by atomic mass is 28.4. The lowest BCUT2D eigenvalue weighted by atomic mass is 10.1. The molecule has 0 aliphatic carbocycles. The average Bonchev–Trinajstić information content (AvgIpc) is 2.18. The molecule has 0 aliphatic rings. The maximum atomic E-state index is 6.17. The molecule has 0 radical (unpaired) electrons. The van der Waals surface area contributed by atoms with E-state index in [-0.39, 0.29) is 5.04 Å². The van der Waals surface area contributed by atoms with Crippen LogP contribution < -0.4 is 5.73 Å². The summed E-state index contributed by atoms with van der Waals surface area (Å²) in [5, 5.41) is 0.242. The van der Waals surface area contributed by atoms with E-state index in [0.717, 1.165) is 11.3 Å². The molecular formula is C14H25NOSi. The second-order valence-corrected chi connectivity index (χ2v) is 11.1. The van der Waals surface area contributed by atoms with Crippen LogP contribution in [0.5, 0.6) is 0 Å². The summed E-state index contributed by atoms with van der Waals surface area (Å²) in [6, 6.07) is 6.10. The van der Waals surface area contributed by atoms with Gasteiger partial charge in [-0.05, 0) is 36.7 Å². The van der Waals surface area contributed by atoms with Gasteiger partial charge in [0.25, 0.3) is 0 Å². The molecule has 1 rings (SSSR count). The van der Waals surface area contributed by atoms with Gasteiger partial charge in [0, 0.05) is 5.69 Å². The Morgan fingerprint density at radius 3 is 2.35 bits per heavy atom. The Labute approximate surface area is 106 Å². The molecule has 0 atom stereocenters. The van der Waals surface area contributed by atoms with E-state index >= 15 is 0 Å². The summed E-state index contributed by atoms with van der Waals surface area (Å²) < 4.78 is 6.17. The zero-order valence-corrected chi connectivity index (χ0v) is 12.9. The minimum atomic E-state index is -1.68. The van der Waals surface area contributed by atoms with Crippen LogP contribution in [0.15, 0.2) is 18.2 Å². The van der Waals surface area contributed by atoms with E-state index in [1.807, 2.05) is 12.1 Å². The summed E-state index contributed by atoms with van der Waals surface area (Å²) >= 11 is 0. The van der Waals surface area contributed by atoms with Gasteiger partial charge in [-0.25, -0.2) is 0 Å². The number of benzene rings is 1. The van der Waals surface area contributed by atoms with E-state index in [0.29, 0.717) is 6.61 Å². The van der Waals surface area contributed by atoms with Gasteiger partial charge >= 0.3 is 0 Å². The van der Waals surface area contributed by atoms with Gasteiger partial charge in [0.1, 0.15) is 0 Å². The van der Waals surface area contributed by atoms with Crippen molar-refractivity contribution < 1.29 is 4.43 Å². The van der Waals surface area contributed by atoms with Crippen LogP contribution in [0.2, 0.25) is 18.1 Å². The molecule has 0 amide bonds. The third-order valence-electron chi connectivity index (χ3n) is 3.69. The van der Waals surface area contributed by atoms with Crippen molar-refractivity contribution in [2.24, 2.45) is 0 Å². The first kappa shape index (κ1) is 14.3. The van der Waals surface area contributed by atoms with Gasteiger partial charge in [0.2, 0.25) is 0 Å². The number of rotatable bonds is 3. The quantitative estimate of drug-likeness (QED) is 0.648. The maximum Gasteiger partial charge on any atom is 0.192 e. The van der Waals surface area contributed by atoms with Gasteiger partial charge in [0.15, 0.2) is 8.32 Å². The molecule has 0 bridgehead atoms. The number of hydrogen-bond donors (Lipinski definition) is 1. The number of aryl methyl sites for hydroxylation is 1. The normalized spacial score (nSPS) is 12.8. The Kier molecular flexibility index (Phi) is 4.05. The van der Waals surface area contributed by atoms with Crippen LogP contribution in [0.3, 0.4) is 0 Å². The number of nitrogens with two attached hydrogens (primary N) is 1. The maximum absolute atomic E-state index is 6.17. The third-order valence-corrected chi connectivity index (χ3v) is 8.17. The van der Waals surface area contributed by atoms with Gasteiger partial charge in [-0.1, -0.05) is 38.5 Å². The molecule has 96 valence electrons. The van der Waals surface area contributed by atoms with Crippen LogP contribution in [-0.2, 0) is 11.0 Å². The average molecular weight is 251 g/mol. The minimum absolute atomic E-state index is 0.242. The standard InChI is InChI=1S/C14H25NOSi/c1-11-7-8-13(15)12(9-11)10-16-17(5,6)14(2,3)4/h7-9H,10,15H2,1-6H3. The molecule has 0 fully saturated rings. The van der Waals surface area contributed by atoms with Crippen molar-refractivity contribution in [2.75, 3.05) is 5.73 Å². The number of hydrogen-bond acceptors (Lipinski definition) is 2. The Hall–Kier alpha value is -0.803. The lowest BCUT2D eigenvalue weighted by Gasteiger charge is -2.36. The Balaban J connectivity index is 2.77. The van der Waals surface area contributed by atoms with E-state index in [4.69, 9.17) is 10.2 Å². The first-order valence-corrected chi connectivity index (χ1v) is 9.03. The van der Waals surface area contributed by atoms with Crippen LogP contribution >= 0.6 is 0 Å². The summed E-state index contributed by atoms with van der Waals surface area (Å²) in [5.41, 5.74) is 9.13. The van der Waals surface area contributed by atoms with Crippen molar-refractivity contribution in [3.8, 4) is 0 Å². The SMILES string of the molecule is Cc1ccc(N)c(CO[Si](C)(C)C(C)(C)C)c1. The minimum Gasteiger partial charge on any atom is -0.412 e. The molecule has 0 aliphatic heterocycles. The van der Waals surface area contributed by atoms with Crippen LogP contribution in [0.4, 0.5) is 5.69 Å². The molecule has 0 saturated heterocycles. The van der Waals surface area contributed by atoms with Gasteiger partial charge in [-0.3, -0.25) is 0 Å². The van der Waals surface area contributed by atoms with E-state index in [2.05, 4.69) is 46.9 Å². The second kappa shape index (κ2) is 4.82. The fraction of sp³-hybridized carbons (Fsp3) is 0.571. The van der Waals surface area contributed by atoms with Crippen molar-refractivity contribution >= 4 is 14.0 Å². The molecule has 0 spiro atoms. The Bertz CT molecular complexity index is 394. The van der Waals surface area contributed by atoms with Crippen molar-refractivity contribution in [2.45, 2.75) is 52.4 Å². The number of anilines is 1. The monoisotopic (exact) mass is 251 g/mol. The first-order valence-electron chi connectivity index (χ1n) is 6.12. The zero-order valence-electron chi connectivity index (χ0n) is 11.9. The molecule has 0 aromatic heterocycles. The van der Waals surface area contributed by atoms with Gasteiger partial charge in [0.05, 0.1) is 6.61 Å². The van der Waals surface area contributed by atoms with E-state index in [9.17, 15) is 0 Å². The van der Waals surface area contributed by atoms with Crippen LogP contribution in [0.25, 0.3) is 0 Å². The zero-order chi connectivity index (χ0) is 13.3. The number of nitrogen functional groups attached to an aromatic ring is 1. The highest BCUT2D eigenvalue weighted by Crippen LogP contribution is 2.37. The summed E-state index contributed by atoms with van der Waals surface area (Å²) in [6.45, 7) is 14.0. The van der Waals surface area contributed by atoms with Gasteiger partial charge < -0.3 is 10.2 Å². The van der Waals surface area contributed by atoms with Gasteiger partial charge in [-0.2, -0.15) is 0 Å². The molecule has 17 heavy (non-hydrogen) atoms. The molecule has 1 aromatic carbocycles. The van der Waals surface area contributed by atoms with E-state index < -0.39 is 8.32 Å². The summed E-state index contributed by atoms with van der Waals surface area (Å²) in [4.78, 5) is 0. The lowest BCUT2D eigenvalue weighted by molar-refractivity contribution is 0.277. The Morgan fingerprint density at radius 1 is 1.24 bits per heavy atom. The van der Waals surface area contributed by atoms with Crippen molar-refractivity contribution in [1.82, 2.24) is 0 Å². The third kappa shape index (κ3) is 3.58. The molecule has 1 aromatic rings. The van der Waals surface area contributed by atoms with E-state index in [1.54, 1.807) is 0 Å². The van der Waals surface area contributed by atoms with Gasteiger partial charge in [-0.15, -0.1) is 0 Å². The predicted molar refractivity (Wildman–Crippen MR) is 77.6 cm³/mol. The molecule has 0 unspecified atom stereocenters. The molecular weight excluding hydrogens is 226 g/mol. The fourth-order valence-electron chi connectivity index (χ4n) is 1.33. The highest BCUT2D eigenvalue weighted by molar-refractivity contribution is 6.74. The summed E-state index contributed by atoms with van der Waals surface area (Å²) in [5.74, 6) is 0. The molecule has 2 N–H and O–H groups in total. The van der Waals surface area contributed by atoms with Crippen LogP contribution in [-0.4, -0.2) is 8.32 Å². The fourth-order valence-corrected chi connectivity index (χ4v) is 2.28. The molecule has 0 heterocycles. The molecule has 2 nitrogen and oxygen atoms in total. The van der Waals surface area contributed by atoms with Crippen LogP contribution in [0.1, 0.15) is 31.9 Å².